The molecule has 0 bridgehead atoms. The molecule has 1 amide bonds. The van der Waals surface area contributed by atoms with Gasteiger partial charge in [-0.15, -0.1) is 0 Å². The first-order valence-electron chi connectivity index (χ1n) is 6.48. The number of amides is 1. The Bertz CT molecular complexity index is 467. The minimum Gasteiger partial charge on any atom is -0.465 e. The number of hydrogen-bond acceptors (Lipinski definition) is 5. The molecule has 0 atom stereocenters. The van der Waals surface area contributed by atoms with Gasteiger partial charge in [-0.05, 0) is 17.7 Å². The standard InChI is InChI=1S/C14H18N2O4/c1-19-14(18)12-4-2-11(3-5-12)10-13(17)15-16-6-8-20-9-7-16/h2-5H,6-10H2,1H3,(H,15,17). The monoisotopic (exact) mass is 278 g/mol. The van der Waals surface area contributed by atoms with E-state index in [9.17, 15) is 9.59 Å². The minimum absolute atomic E-state index is 0.0716. The van der Waals surface area contributed by atoms with E-state index in [1.807, 2.05) is 5.01 Å². The SMILES string of the molecule is COC(=O)c1ccc(CC(=O)NN2CCOCC2)cc1. The molecule has 1 fully saturated rings. The lowest BCUT2D eigenvalue weighted by Gasteiger charge is -2.26. The zero-order valence-electron chi connectivity index (χ0n) is 11.4. The molecule has 1 aliphatic heterocycles. The van der Waals surface area contributed by atoms with Crippen LogP contribution in [0.25, 0.3) is 0 Å². The summed E-state index contributed by atoms with van der Waals surface area (Å²) in [4.78, 5) is 23.2. The van der Waals surface area contributed by atoms with Gasteiger partial charge in [-0.1, -0.05) is 12.1 Å². The Morgan fingerprint density at radius 3 is 2.50 bits per heavy atom. The molecule has 1 N–H and O–H groups in total. The lowest BCUT2D eigenvalue weighted by Crippen LogP contribution is -2.48. The predicted molar refractivity (Wildman–Crippen MR) is 72.0 cm³/mol. The summed E-state index contributed by atoms with van der Waals surface area (Å²) in [5.74, 6) is -0.452. The van der Waals surface area contributed by atoms with Crippen molar-refractivity contribution < 1.29 is 19.1 Å². The quantitative estimate of drug-likeness (QED) is 0.806. The van der Waals surface area contributed by atoms with Crippen LogP contribution in [-0.2, 0) is 20.7 Å². The summed E-state index contributed by atoms with van der Waals surface area (Å²) in [7, 11) is 1.34. The van der Waals surface area contributed by atoms with Crippen molar-refractivity contribution in [2.45, 2.75) is 6.42 Å². The van der Waals surface area contributed by atoms with Gasteiger partial charge in [-0.2, -0.15) is 0 Å². The largest absolute Gasteiger partial charge is 0.465 e. The topological polar surface area (TPSA) is 67.9 Å². The fourth-order valence-electron chi connectivity index (χ4n) is 1.95. The minimum atomic E-state index is -0.380. The molecule has 0 saturated carbocycles. The van der Waals surface area contributed by atoms with E-state index >= 15 is 0 Å². The van der Waals surface area contributed by atoms with Crippen LogP contribution in [0.2, 0.25) is 0 Å². The highest BCUT2D eigenvalue weighted by atomic mass is 16.5. The Hall–Kier alpha value is -1.92. The van der Waals surface area contributed by atoms with Crippen molar-refractivity contribution in [3.05, 3.63) is 35.4 Å². The number of carbonyl (C=O) groups excluding carboxylic acids is 2. The lowest BCUT2D eigenvalue weighted by molar-refractivity contribution is -0.127. The van der Waals surface area contributed by atoms with Crippen molar-refractivity contribution >= 4 is 11.9 Å². The summed E-state index contributed by atoms with van der Waals surface area (Å²) in [6, 6.07) is 6.82. The van der Waals surface area contributed by atoms with Gasteiger partial charge in [0.15, 0.2) is 0 Å². The molecular formula is C14H18N2O4. The summed E-state index contributed by atoms with van der Waals surface area (Å²) >= 11 is 0. The number of methoxy groups -OCH3 is 1. The maximum Gasteiger partial charge on any atom is 0.337 e. The predicted octanol–water partition coefficient (Wildman–Crippen LogP) is 0.379. The van der Waals surface area contributed by atoms with Crippen LogP contribution < -0.4 is 5.43 Å². The molecule has 20 heavy (non-hydrogen) atoms. The summed E-state index contributed by atoms with van der Waals surface area (Å²) in [5, 5.41) is 1.86. The fraction of sp³-hybridized carbons (Fsp3) is 0.429. The summed E-state index contributed by atoms with van der Waals surface area (Å²) in [5.41, 5.74) is 4.17. The molecule has 0 aromatic heterocycles. The number of nitrogens with zero attached hydrogens (tertiary/aromatic N) is 1. The highest BCUT2D eigenvalue weighted by molar-refractivity contribution is 5.89. The number of nitrogens with one attached hydrogen (secondary N) is 1. The number of carbonyl (C=O) groups is 2. The molecular weight excluding hydrogens is 260 g/mol. The Morgan fingerprint density at radius 2 is 1.90 bits per heavy atom. The Kier molecular flexibility index (Phi) is 5.09. The van der Waals surface area contributed by atoms with E-state index in [0.717, 1.165) is 5.56 Å². The first-order valence-corrected chi connectivity index (χ1v) is 6.48. The molecule has 6 heteroatoms. The van der Waals surface area contributed by atoms with E-state index in [-0.39, 0.29) is 18.3 Å². The Morgan fingerprint density at radius 1 is 1.25 bits per heavy atom. The van der Waals surface area contributed by atoms with E-state index < -0.39 is 0 Å². The van der Waals surface area contributed by atoms with Crippen molar-refractivity contribution in [3.63, 3.8) is 0 Å². The van der Waals surface area contributed by atoms with Gasteiger partial charge >= 0.3 is 5.97 Å². The zero-order valence-corrected chi connectivity index (χ0v) is 11.4. The van der Waals surface area contributed by atoms with Crippen LogP contribution in [0.3, 0.4) is 0 Å². The lowest BCUT2D eigenvalue weighted by atomic mass is 10.1. The summed E-state index contributed by atoms with van der Waals surface area (Å²) in [6.07, 6.45) is 0.277. The molecule has 2 rings (SSSR count). The van der Waals surface area contributed by atoms with Gasteiger partial charge in [0, 0.05) is 13.1 Å². The van der Waals surface area contributed by atoms with Crippen molar-refractivity contribution in [3.8, 4) is 0 Å². The van der Waals surface area contributed by atoms with Crippen LogP contribution in [-0.4, -0.2) is 50.3 Å². The molecule has 1 aliphatic rings. The molecule has 1 aromatic carbocycles. The van der Waals surface area contributed by atoms with E-state index in [1.165, 1.54) is 7.11 Å². The Balaban J connectivity index is 1.85. The third-order valence-electron chi connectivity index (χ3n) is 3.03. The van der Waals surface area contributed by atoms with Crippen LogP contribution in [0.15, 0.2) is 24.3 Å². The fourth-order valence-corrected chi connectivity index (χ4v) is 1.95. The van der Waals surface area contributed by atoms with E-state index in [2.05, 4.69) is 10.2 Å². The molecule has 0 spiro atoms. The van der Waals surface area contributed by atoms with Gasteiger partial charge in [0.25, 0.3) is 0 Å². The molecule has 108 valence electrons. The van der Waals surface area contributed by atoms with Crippen LogP contribution in [0.5, 0.6) is 0 Å². The number of esters is 1. The van der Waals surface area contributed by atoms with Crippen LogP contribution in [0, 0.1) is 0 Å². The average molecular weight is 278 g/mol. The first-order chi connectivity index (χ1) is 9.69. The zero-order chi connectivity index (χ0) is 14.4. The number of ether oxygens (including phenoxy) is 2. The van der Waals surface area contributed by atoms with Crippen LogP contribution >= 0.6 is 0 Å². The highest BCUT2D eigenvalue weighted by Crippen LogP contribution is 2.06. The number of morpholine rings is 1. The van der Waals surface area contributed by atoms with Gasteiger partial charge in [-0.25, -0.2) is 9.80 Å². The number of benzene rings is 1. The second-order valence-electron chi connectivity index (χ2n) is 4.50. The Labute approximate surface area is 117 Å². The van der Waals surface area contributed by atoms with Gasteiger partial charge in [0.05, 0.1) is 32.3 Å². The van der Waals surface area contributed by atoms with Gasteiger partial charge < -0.3 is 9.47 Å². The molecule has 0 aliphatic carbocycles. The molecule has 1 aromatic rings. The highest BCUT2D eigenvalue weighted by Gasteiger charge is 2.13. The van der Waals surface area contributed by atoms with Crippen molar-refractivity contribution in [2.24, 2.45) is 0 Å². The smallest absolute Gasteiger partial charge is 0.337 e. The average Bonchev–Trinajstić information content (AvgIpc) is 2.48. The van der Waals surface area contributed by atoms with E-state index in [0.29, 0.717) is 31.9 Å². The first kappa shape index (κ1) is 14.5. The van der Waals surface area contributed by atoms with E-state index in [4.69, 9.17) is 4.74 Å². The molecule has 0 unspecified atom stereocenters. The molecule has 1 heterocycles. The second-order valence-corrected chi connectivity index (χ2v) is 4.50. The van der Waals surface area contributed by atoms with Crippen LogP contribution in [0.4, 0.5) is 0 Å². The van der Waals surface area contributed by atoms with Gasteiger partial charge in [-0.3, -0.25) is 10.2 Å². The number of hydrazine groups is 1. The number of hydrogen-bond donors (Lipinski definition) is 1. The van der Waals surface area contributed by atoms with E-state index in [1.54, 1.807) is 24.3 Å². The third-order valence-corrected chi connectivity index (χ3v) is 3.03. The van der Waals surface area contributed by atoms with Crippen molar-refractivity contribution in [1.29, 1.82) is 0 Å². The summed E-state index contributed by atoms with van der Waals surface area (Å²) in [6.45, 7) is 2.67. The van der Waals surface area contributed by atoms with Crippen molar-refractivity contribution in [2.75, 3.05) is 33.4 Å². The second kappa shape index (κ2) is 7.02. The van der Waals surface area contributed by atoms with Gasteiger partial charge in [0.1, 0.15) is 0 Å². The van der Waals surface area contributed by atoms with Crippen LogP contribution in [0.1, 0.15) is 15.9 Å². The molecule has 6 nitrogen and oxygen atoms in total. The third kappa shape index (κ3) is 4.04. The summed E-state index contributed by atoms with van der Waals surface area (Å²) < 4.78 is 9.83. The van der Waals surface area contributed by atoms with Crippen molar-refractivity contribution in [1.82, 2.24) is 10.4 Å². The molecule has 0 radical (unpaired) electrons. The molecule has 1 saturated heterocycles. The maximum atomic E-state index is 11.9. The van der Waals surface area contributed by atoms with Gasteiger partial charge in [0.2, 0.25) is 5.91 Å². The maximum absolute atomic E-state index is 11.9. The number of rotatable bonds is 4. The normalized spacial score (nSPS) is 15.7.